The van der Waals surface area contributed by atoms with Crippen LogP contribution in [0, 0.1) is 0 Å². The number of hydrogen-bond donors (Lipinski definition) is 0. The van der Waals surface area contributed by atoms with Crippen molar-refractivity contribution in [1.82, 2.24) is 0 Å². The van der Waals surface area contributed by atoms with Crippen molar-refractivity contribution in [2.45, 2.75) is 5.88 Å². The van der Waals surface area contributed by atoms with Crippen LogP contribution in [0.2, 0.25) is 0 Å². The summed E-state index contributed by atoms with van der Waals surface area (Å²) in [4.78, 5) is 11.5. The minimum Gasteiger partial charge on any atom is -0.276 e. The van der Waals surface area contributed by atoms with Gasteiger partial charge in [0.05, 0.1) is 0 Å². The van der Waals surface area contributed by atoms with E-state index >= 15 is 0 Å². The zero-order valence-electron chi connectivity index (χ0n) is 16.6. The summed E-state index contributed by atoms with van der Waals surface area (Å²) < 4.78 is 0. The largest absolute Gasteiger partial charge is 0.276 e. The summed E-state index contributed by atoms with van der Waals surface area (Å²) in [6, 6.07) is 32.9. The van der Waals surface area contributed by atoms with Crippen LogP contribution in [0.4, 0.5) is 0 Å². The van der Waals surface area contributed by atoms with E-state index in [0.29, 0.717) is 11.4 Å². The van der Waals surface area contributed by atoms with Gasteiger partial charge >= 0.3 is 0 Å². The molecule has 0 amide bonds. The zero-order chi connectivity index (χ0) is 21.4. The van der Waals surface area contributed by atoms with Gasteiger partial charge in [-0.2, -0.15) is 0 Å². The number of halogens is 2. The van der Waals surface area contributed by atoms with Gasteiger partial charge in [0.2, 0.25) is 0 Å². The Kier molecular flexibility index (Phi) is 5.23. The second-order valence-electron chi connectivity index (χ2n) is 7.52. The molecule has 0 bridgehead atoms. The van der Waals surface area contributed by atoms with E-state index in [1.54, 1.807) is 12.1 Å². The third-order valence-corrected chi connectivity index (χ3v) is 6.26. The number of fused-ring (bicyclic) bond motifs is 2. The van der Waals surface area contributed by atoms with Crippen molar-refractivity contribution in [2.24, 2.45) is 0 Å². The van der Waals surface area contributed by atoms with Crippen LogP contribution in [0.3, 0.4) is 0 Å². The minimum atomic E-state index is -0.447. The standard InChI is InChI=1S/C28H18Cl2O/c29-17-18-9-11-19(12-10-18)26-22-5-1-3-7-24(22)27(25-8-4-2-6-23(25)26)20-13-15-21(16-14-20)28(30)31/h1-16H,17H2. The number of alkyl halides is 1. The second-order valence-corrected chi connectivity index (χ2v) is 8.13. The lowest BCUT2D eigenvalue weighted by Crippen LogP contribution is -1.92. The van der Waals surface area contributed by atoms with Crippen LogP contribution in [0.5, 0.6) is 0 Å². The van der Waals surface area contributed by atoms with Crippen molar-refractivity contribution in [1.29, 1.82) is 0 Å². The van der Waals surface area contributed by atoms with Gasteiger partial charge in [0, 0.05) is 11.4 Å². The topological polar surface area (TPSA) is 17.1 Å². The maximum absolute atomic E-state index is 11.5. The average molecular weight is 441 g/mol. The predicted molar refractivity (Wildman–Crippen MR) is 132 cm³/mol. The summed E-state index contributed by atoms with van der Waals surface area (Å²) in [7, 11) is 0. The summed E-state index contributed by atoms with van der Waals surface area (Å²) in [6.45, 7) is 0. The van der Waals surface area contributed by atoms with Gasteiger partial charge in [-0.15, -0.1) is 11.6 Å². The van der Waals surface area contributed by atoms with Crippen molar-refractivity contribution >= 4 is 50.0 Å². The number of hydrogen-bond acceptors (Lipinski definition) is 1. The number of carbonyl (C=O) groups is 1. The van der Waals surface area contributed by atoms with Gasteiger partial charge in [0.15, 0.2) is 0 Å². The monoisotopic (exact) mass is 440 g/mol. The fourth-order valence-corrected chi connectivity index (χ4v) is 4.58. The fraction of sp³-hybridized carbons (Fsp3) is 0.0357. The molecule has 0 aliphatic rings. The molecule has 0 fully saturated rings. The normalized spacial score (nSPS) is 11.2. The quantitative estimate of drug-likeness (QED) is 0.155. The van der Waals surface area contributed by atoms with Crippen LogP contribution in [-0.2, 0) is 5.88 Å². The average Bonchev–Trinajstić information content (AvgIpc) is 2.82. The molecule has 0 saturated heterocycles. The van der Waals surface area contributed by atoms with Crippen molar-refractivity contribution in [3.8, 4) is 22.3 Å². The van der Waals surface area contributed by atoms with Gasteiger partial charge in [-0.05, 0) is 73.1 Å². The highest BCUT2D eigenvalue weighted by Crippen LogP contribution is 2.43. The van der Waals surface area contributed by atoms with Gasteiger partial charge in [-0.1, -0.05) is 84.9 Å². The molecule has 5 aromatic rings. The van der Waals surface area contributed by atoms with Gasteiger partial charge in [0.1, 0.15) is 0 Å². The lowest BCUT2D eigenvalue weighted by atomic mass is 9.86. The molecule has 3 heteroatoms. The first-order chi connectivity index (χ1) is 15.2. The molecule has 150 valence electrons. The number of benzene rings is 5. The SMILES string of the molecule is O=C(Cl)c1ccc(-c2c3ccccc3c(-c3ccc(CCl)cc3)c3ccccc23)cc1. The van der Waals surface area contributed by atoms with Crippen LogP contribution in [-0.4, -0.2) is 5.24 Å². The van der Waals surface area contributed by atoms with E-state index in [2.05, 4.69) is 72.8 Å². The lowest BCUT2D eigenvalue weighted by Gasteiger charge is -2.18. The van der Waals surface area contributed by atoms with Gasteiger partial charge < -0.3 is 0 Å². The molecule has 0 aliphatic heterocycles. The Bertz CT molecular complexity index is 1360. The molecule has 0 aromatic heterocycles. The van der Waals surface area contributed by atoms with Crippen molar-refractivity contribution in [2.75, 3.05) is 0 Å². The number of rotatable bonds is 4. The van der Waals surface area contributed by atoms with Gasteiger partial charge in [-0.25, -0.2) is 0 Å². The highest BCUT2D eigenvalue weighted by Gasteiger charge is 2.16. The Balaban J connectivity index is 1.86. The molecule has 31 heavy (non-hydrogen) atoms. The molecular weight excluding hydrogens is 423 g/mol. The highest BCUT2D eigenvalue weighted by atomic mass is 35.5. The molecule has 0 heterocycles. The Morgan fingerprint density at radius 2 is 0.968 bits per heavy atom. The third-order valence-electron chi connectivity index (χ3n) is 5.73. The molecule has 1 nitrogen and oxygen atoms in total. The van der Waals surface area contributed by atoms with E-state index in [9.17, 15) is 4.79 Å². The van der Waals surface area contributed by atoms with E-state index in [0.717, 1.165) is 22.3 Å². The summed E-state index contributed by atoms with van der Waals surface area (Å²) in [5, 5.41) is 4.27. The summed E-state index contributed by atoms with van der Waals surface area (Å²) >= 11 is 11.7. The van der Waals surface area contributed by atoms with Gasteiger partial charge in [0.25, 0.3) is 5.24 Å². The van der Waals surface area contributed by atoms with E-state index < -0.39 is 5.24 Å². The fourth-order valence-electron chi connectivity index (χ4n) is 4.28. The molecule has 0 unspecified atom stereocenters. The Labute approximate surface area is 190 Å². The Morgan fingerprint density at radius 3 is 1.32 bits per heavy atom. The lowest BCUT2D eigenvalue weighted by molar-refractivity contribution is 0.108. The number of carbonyl (C=O) groups excluding carboxylic acids is 1. The van der Waals surface area contributed by atoms with E-state index in [1.165, 1.54) is 27.1 Å². The van der Waals surface area contributed by atoms with E-state index in [-0.39, 0.29) is 0 Å². The third kappa shape index (κ3) is 3.50. The van der Waals surface area contributed by atoms with Crippen LogP contribution < -0.4 is 0 Å². The maximum atomic E-state index is 11.5. The zero-order valence-corrected chi connectivity index (χ0v) is 18.1. The van der Waals surface area contributed by atoms with Crippen molar-refractivity contribution in [3.05, 3.63) is 108 Å². The minimum absolute atomic E-state index is 0.447. The summed E-state index contributed by atoms with van der Waals surface area (Å²) in [5.74, 6) is 0.502. The van der Waals surface area contributed by atoms with Crippen molar-refractivity contribution in [3.63, 3.8) is 0 Å². The van der Waals surface area contributed by atoms with Crippen LogP contribution in [0.15, 0.2) is 97.1 Å². The molecule has 0 aliphatic carbocycles. The van der Waals surface area contributed by atoms with Gasteiger partial charge in [-0.3, -0.25) is 4.79 Å². The molecule has 0 N–H and O–H groups in total. The molecule has 0 saturated carbocycles. The maximum Gasteiger partial charge on any atom is 0.252 e. The molecule has 0 atom stereocenters. The summed E-state index contributed by atoms with van der Waals surface area (Å²) in [6.07, 6.45) is 0. The smallest absolute Gasteiger partial charge is 0.252 e. The molecular formula is C28H18Cl2O. The first kappa shape index (κ1) is 19.8. The second kappa shape index (κ2) is 8.19. The molecule has 0 radical (unpaired) electrons. The van der Waals surface area contributed by atoms with Crippen LogP contribution >= 0.6 is 23.2 Å². The molecule has 0 spiro atoms. The van der Waals surface area contributed by atoms with Crippen LogP contribution in [0.25, 0.3) is 43.8 Å². The summed E-state index contributed by atoms with van der Waals surface area (Å²) in [5.41, 5.74) is 6.18. The van der Waals surface area contributed by atoms with E-state index in [1.807, 2.05) is 12.1 Å². The van der Waals surface area contributed by atoms with E-state index in [4.69, 9.17) is 23.2 Å². The predicted octanol–water partition coefficient (Wildman–Crippen LogP) is 8.44. The Hall–Kier alpha value is -3.13. The Morgan fingerprint density at radius 1 is 0.581 bits per heavy atom. The molecule has 5 aromatic carbocycles. The highest BCUT2D eigenvalue weighted by molar-refractivity contribution is 6.67. The van der Waals surface area contributed by atoms with Crippen LogP contribution in [0.1, 0.15) is 15.9 Å². The first-order valence-corrected chi connectivity index (χ1v) is 11.0. The van der Waals surface area contributed by atoms with Crippen molar-refractivity contribution < 1.29 is 4.79 Å². The molecule has 5 rings (SSSR count). The first-order valence-electron chi connectivity index (χ1n) is 10.1.